The highest BCUT2D eigenvalue weighted by molar-refractivity contribution is 6.22. The Labute approximate surface area is 168 Å². The number of aromatic carboxylic acids is 1. The molecule has 29 heavy (non-hydrogen) atoms. The summed E-state index contributed by atoms with van der Waals surface area (Å²) < 4.78 is 0. The van der Waals surface area contributed by atoms with E-state index in [1.54, 1.807) is 36.4 Å². The molecule has 1 aliphatic rings. The van der Waals surface area contributed by atoms with Crippen LogP contribution >= 0.6 is 0 Å². The van der Waals surface area contributed by atoms with Crippen molar-refractivity contribution in [2.24, 2.45) is 5.92 Å². The van der Waals surface area contributed by atoms with Crippen LogP contribution in [0.5, 0.6) is 0 Å². The van der Waals surface area contributed by atoms with Gasteiger partial charge in [0.25, 0.3) is 11.8 Å². The topological polar surface area (TPSA) is 104 Å². The number of hydrogen-bond acceptors (Lipinski definition) is 4. The lowest BCUT2D eigenvalue weighted by Gasteiger charge is -2.29. The number of carbonyl (C=O) groups excluding carboxylic acids is 3. The van der Waals surface area contributed by atoms with Crippen molar-refractivity contribution in [2.75, 3.05) is 0 Å². The van der Waals surface area contributed by atoms with Crippen LogP contribution in [0.15, 0.2) is 48.5 Å². The Hall–Kier alpha value is -3.48. The smallest absolute Gasteiger partial charge is 0.335 e. The minimum atomic E-state index is -1.05. The van der Waals surface area contributed by atoms with Gasteiger partial charge in [-0.3, -0.25) is 19.3 Å². The van der Waals surface area contributed by atoms with Crippen LogP contribution in [0, 0.1) is 5.92 Å². The lowest BCUT2D eigenvalue weighted by Crippen LogP contribution is -2.52. The highest BCUT2D eigenvalue weighted by Crippen LogP contribution is 2.28. The SMILES string of the molecule is CCC(C)C(C(=O)NCc1cccc(C(=O)O)c1)N1C(=O)c2ccccc2C1=O. The first-order valence-corrected chi connectivity index (χ1v) is 9.42. The van der Waals surface area contributed by atoms with E-state index < -0.39 is 29.7 Å². The molecule has 0 aromatic heterocycles. The average Bonchev–Trinajstić information content (AvgIpc) is 2.98. The van der Waals surface area contributed by atoms with Gasteiger partial charge in [-0.1, -0.05) is 44.5 Å². The van der Waals surface area contributed by atoms with Crippen molar-refractivity contribution < 1.29 is 24.3 Å². The van der Waals surface area contributed by atoms with Gasteiger partial charge in [0.1, 0.15) is 6.04 Å². The van der Waals surface area contributed by atoms with Gasteiger partial charge in [-0.25, -0.2) is 4.79 Å². The van der Waals surface area contributed by atoms with Gasteiger partial charge in [0.05, 0.1) is 16.7 Å². The molecule has 2 N–H and O–H groups in total. The van der Waals surface area contributed by atoms with Gasteiger partial charge in [0, 0.05) is 6.54 Å². The highest BCUT2D eigenvalue weighted by atomic mass is 16.4. The molecule has 0 bridgehead atoms. The van der Waals surface area contributed by atoms with E-state index in [0.29, 0.717) is 23.1 Å². The number of nitrogens with zero attached hydrogens (tertiary/aromatic N) is 1. The van der Waals surface area contributed by atoms with Crippen molar-refractivity contribution in [2.45, 2.75) is 32.9 Å². The molecule has 0 radical (unpaired) electrons. The Balaban J connectivity index is 1.82. The third-order valence-electron chi connectivity index (χ3n) is 5.20. The van der Waals surface area contributed by atoms with Crippen molar-refractivity contribution in [1.82, 2.24) is 10.2 Å². The zero-order valence-corrected chi connectivity index (χ0v) is 16.2. The lowest BCUT2D eigenvalue weighted by atomic mass is 9.96. The molecule has 3 amide bonds. The maximum atomic E-state index is 13.0. The highest BCUT2D eigenvalue weighted by Gasteiger charge is 2.44. The van der Waals surface area contributed by atoms with Gasteiger partial charge in [-0.2, -0.15) is 0 Å². The fourth-order valence-corrected chi connectivity index (χ4v) is 3.42. The number of fused-ring (bicyclic) bond motifs is 1. The summed E-state index contributed by atoms with van der Waals surface area (Å²) in [5, 5.41) is 11.8. The van der Waals surface area contributed by atoms with Crippen LogP contribution in [-0.2, 0) is 11.3 Å². The summed E-state index contributed by atoms with van der Waals surface area (Å²) in [5.74, 6) is -2.70. The molecule has 0 fully saturated rings. The zero-order valence-electron chi connectivity index (χ0n) is 16.2. The molecular formula is C22H22N2O5. The minimum absolute atomic E-state index is 0.0933. The van der Waals surface area contributed by atoms with Crippen molar-refractivity contribution in [3.8, 4) is 0 Å². The number of amides is 3. The molecular weight excluding hydrogens is 372 g/mol. The maximum absolute atomic E-state index is 13.0. The van der Waals surface area contributed by atoms with E-state index in [-0.39, 0.29) is 18.0 Å². The molecule has 0 aliphatic carbocycles. The van der Waals surface area contributed by atoms with Gasteiger partial charge in [0.15, 0.2) is 0 Å². The second-order valence-electron chi connectivity index (χ2n) is 7.08. The molecule has 3 rings (SSSR count). The molecule has 0 spiro atoms. The standard InChI is InChI=1S/C22H22N2O5/c1-3-13(2)18(24-20(26)16-9-4-5-10-17(16)21(24)27)19(25)23-12-14-7-6-8-15(11-14)22(28)29/h4-11,13,18H,3,12H2,1-2H3,(H,23,25)(H,28,29). The number of hydrogen-bond donors (Lipinski definition) is 2. The van der Waals surface area contributed by atoms with Crippen LogP contribution in [-0.4, -0.2) is 39.7 Å². The molecule has 1 aliphatic heterocycles. The van der Waals surface area contributed by atoms with Crippen LogP contribution in [0.25, 0.3) is 0 Å². The predicted octanol–water partition coefficient (Wildman–Crippen LogP) is 2.71. The second kappa shape index (κ2) is 8.26. The van der Waals surface area contributed by atoms with Crippen LogP contribution in [0.3, 0.4) is 0 Å². The van der Waals surface area contributed by atoms with E-state index in [2.05, 4.69) is 5.32 Å². The number of nitrogens with one attached hydrogen (secondary N) is 1. The van der Waals surface area contributed by atoms with E-state index in [4.69, 9.17) is 5.11 Å². The van der Waals surface area contributed by atoms with Gasteiger partial charge < -0.3 is 10.4 Å². The molecule has 2 aromatic rings. The maximum Gasteiger partial charge on any atom is 0.335 e. The van der Waals surface area contributed by atoms with E-state index in [9.17, 15) is 19.2 Å². The molecule has 2 unspecified atom stereocenters. The molecule has 7 heteroatoms. The van der Waals surface area contributed by atoms with Crippen LogP contribution in [0.1, 0.15) is 56.9 Å². The Kier molecular flexibility index (Phi) is 5.77. The molecule has 0 saturated carbocycles. The Bertz CT molecular complexity index is 950. The van der Waals surface area contributed by atoms with Gasteiger partial charge in [-0.15, -0.1) is 0 Å². The monoisotopic (exact) mass is 394 g/mol. The van der Waals surface area contributed by atoms with Crippen molar-refractivity contribution in [1.29, 1.82) is 0 Å². The number of imide groups is 1. The van der Waals surface area contributed by atoms with Gasteiger partial charge in [-0.05, 0) is 35.7 Å². The first-order valence-electron chi connectivity index (χ1n) is 9.42. The summed E-state index contributed by atoms with van der Waals surface area (Å²) in [6.07, 6.45) is 0.597. The first kappa shape index (κ1) is 20.3. The molecule has 0 saturated heterocycles. The summed E-state index contributed by atoms with van der Waals surface area (Å²) >= 11 is 0. The average molecular weight is 394 g/mol. The summed E-state index contributed by atoms with van der Waals surface area (Å²) in [4.78, 5) is 50.8. The van der Waals surface area contributed by atoms with Crippen molar-refractivity contribution >= 4 is 23.7 Å². The van der Waals surface area contributed by atoms with Gasteiger partial charge >= 0.3 is 5.97 Å². The normalized spacial score (nSPS) is 15.0. The van der Waals surface area contributed by atoms with Crippen molar-refractivity contribution in [3.63, 3.8) is 0 Å². The quantitative estimate of drug-likeness (QED) is 0.703. The number of benzene rings is 2. The summed E-state index contributed by atoms with van der Waals surface area (Å²) in [7, 11) is 0. The Morgan fingerprint density at radius 1 is 1.03 bits per heavy atom. The number of carbonyl (C=O) groups is 4. The fraction of sp³-hybridized carbons (Fsp3) is 0.273. The minimum Gasteiger partial charge on any atom is -0.478 e. The summed E-state index contributed by atoms with van der Waals surface area (Å²) in [5.41, 5.74) is 1.33. The lowest BCUT2D eigenvalue weighted by molar-refractivity contribution is -0.126. The number of carboxylic acid groups (broad SMARTS) is 1. The third kappa shape index (κ3) is 3.89. The van der Waals surface area contributed by atoms with E-state index in [1.807, 2.05) is 13.8 Å². The molecule has 2 atom stereocenters. The summed E-state index contributed by atoms with van der Waals surface area (Å²) in [6, 6.07) is 11.8. The number of carboxylic acids is 1. The zero-order chi connectivity index (χ0) is 21.1. The molecule has 7 nitrogen and oxygen atoms in total. The van der Waals surface area contributed by atoms with E-state index in [0.717, 1.165) is 4.90 Å². The predicted molar refractivity (Wildman–Crippen MR) is 105 cm³/mol. The number of rotatable bonds is 7. The molecule has 150 valence electrons. The van der Waals surface area contributed by atoms with Crippen molar-refractivity contribution in [3.05, 3.63) is 70.8 Å². The second-order valence-corrected chi connectivity index (χ2v) is 7.08. The van der Waals surface area contributed by atoms with Gasteiger partial charge in [0.2, 0.25) is 5.91 Å². The van der Waals surface area contributed by atoms with Crippen LogP contribution in [0.4, 0.5) is 0 Å². The largest absolute Gasteiger partial charge is 0.478 e. The van der Waals surface area contributed by atoms with Crippen LogP contribution < -0.4 is 5.32 Å². The molecule has 2 aromatic carbocycles. The first-order chi connectivity index (χ1) is 13.8. The summed E-state index contributed by atoms with van der Waals surface area (Å²) in [6.45, 7) is 3.80. The Morgan fingerprint density at radius 2 is 1.66 bits per heavy atom. The molecule has 1 heterocycles. The Morgan fingerprint density at radius 3 is 2.21 bits per heavy atom. The third-order valence-corrected chi connectivity index (χ3v) is 5.20. The van der Waals surface area contributed by atoms with E-state index >= 15 is 0 Å². The van der Waals surface area contributed by atoms with E-state index in [1.165, 1.54) is 12.1 Å². The fourth-order valence-electron chi connectivity index (χ4n) is 3.42. The van der Waals surface area contributed by atoms with Crippen LogP contribution in [0.2, 0.25) is 0 Å².